The Morgan fingerprint density at radius 1 is 1.04 bits per heavy atom. The van der Waals surface area contributed by atoms with Gasteiger partial charge in [0.25, 0.3) is 0 Å². The average molecular weight is 690 g/mol. The van der Waals surface area contributed by atoms with Gasteiger partial charge in [0, 0.05) is 73.2 Å². The van der Waals surface area contributed by atoms with Crippen molar-refractivity contribution in [3.05, 3.63) is 70.2 Å². The second kappa shape index (κ2) is 13.6. The van der Waals surface area contributed by atoms with Gasteiger partial charge in [-0.1, -0.05) is 29.8 Å². The zero-order valence-electron chi connectivity index (χ0n) is 26.4. The average Bonchev–Trinajstić information content (AvgIpc) is 3.03. The molecule has 252 valence electrons. The van der Waals surface area contributed by atoms with E-state index in [0.717, 1.165) is 37.9 Å². The number of para-hydroxylation sites is 1. The number of hydrogen-bond acceptors (Lipinski definition) is 8. The number of alkyl halides is 1. The van der Waals surface area contributed by atoms with Gasteiger partial charge >= 0.3 is 5.97 Å². The number of rotatable bonds is 7. The summed E-state index contributed by atoms with van der Waals surface area (Å²) in [6, 6.07) is 7.92. The van der Waals surface area contributed by atoms with E-state index in [1.807, 2.05) is 17.0 Å². The summed E-state index contributed by atoms with van der Waals surface area (Å²) in [7, 11) is 0. The molecule has 0 radical (unpaired) electrons. The predicted octanol–water partition coefficient (Wildman–Crippen LogP) is 4.34. The number of ether oxygens (including phenoxy) is 2. The van der Waals surface area contributed by atoms with Crippen LogP contribution in [-0.4, -0.2) is 114 Å². The third-order valence-corrected chi connectivity index (χ3v) is 9.66. The van der Waals surface area contributed by atoms with Gasteiger partial charge in [-0.2, -0.15) is 0 Å². The van der Waals surface area contributed by atoms with Crippen molar-refractivity contribution in [2.24, 2.45) is 5.92 Å². The van der Waals surface area contributed by atoms with E-state index in [0.29, 0.717) is 60.4 Å². The fourth-order valence-corrected chi connectivity index (χ4v) is 7.46. The molecule has 2 N–H and O–H groups in total. The van der Waals surface area contributed by atoms with Crippen molar-refractivity contribution in [1.82, 2.24) is 14.7 Å². The van der Waals surface area contributed by atoms with E-state index in [1.165, 1.54) is 0 Å². The summed E-state index contributed by atoms with van der Waals surface area (Å²) in [6.07, 6.45) is 3.68. The minimum Gasteiger partial charge on any atom is -0.478 e. The van der Waals surface area contributed by atoms with Crippen LogP contribution in [0.1, 0.15) is 29.8 Å². The van der Waals surface area contributed by atoms with E-state index in [4.69, 9.17) is 32.7 Å². The second-order valence-electron chi connectivity index (χ2n) is 13.0. The van der Waals surface area contributed by atoms with Crippen LogP contribution < -0.4 is 9.64 Å². The molecule has 6 rings (SSSR count). The molecule has 2 atom stereocenters. The number of halogens is 3. The molecule has 3 heterocycles. The van der Waals surface area contributed by atoms with Crippen LogP contribution in [0.2, 0.25) is 0 Å². The Bertz CT molecular complexity index is 1600. The van der Waals surface area contributed by atoms with E-state index >= 15 is 4.39 Å². The number of amides is 1. The summed E-state index contributed by atoms with van der Waals surface area (Å²) < 4.78 is 27.1. The van der Waals surface area contributed by atoms with Crippen LogP contribution in [0.4, 0.5) is 10.1 Å². The number of carboxylic acids is 1. The van der Waals surface area contributed by atoms with Crippen molar-refractivity contribution < 1.29 is 33.7 Å². The number of benzene rings is 2. The van der Waals surface area contributed by atoms with Crippen molar-refractivity contribution in [2.75, 3.05) is 70.7 Å². The molecule has 0 aromatic heterocycles. The Morgan fingerprint density at radius 2 is 1.77 bits per heavy atom. The highest BCUT2D eigenvalue weighted by Gasteiger charge is 2.38. The molecule has 0 bridgehead atoms. The second-order valence-corrected chi connectivity index (χ2v) is 13.9. The van der Waals surface area contributed by atoms with Crippen LogP contribution in [0, 0.1) is 11.7 Å². The molecule has 1 aliphatic carbocycles. The highest BCUT2D eigenvalue weighted by atomic mass is 35.5. The molecule has 10 nitrogen and oxygen atoms in total. The maximum Gasteiger partial charge on any atom is 0.337 e. The van der Waals surface area contributed by atoms with Gasteiger partial charge in [0.15, 0.2) is 6.73 Å². The van der Waals surface area contributed by atoms with E-state index < -0.39 is 28.7 Å². The number of aromatic carboxylic acids is 1. The lowest BCUT2D eigenvalue weighted by Gasteiger charge is -2.40. The number of β-amino-alcohol motifs (C(OH)–C–C–N with tert-alkyl or cyclic N) is 1. The van der Waals surface area contributed by atoms with Crippen molar-refractivity contribution in [3.8, 4) is 16.9 Å². The monoisotopic (exact) mass is 688 g/mol. The maximum absolute atomic E-state index is 15.5. The molecule has 0 saturated carbocycles. The Kier molecular flexibility index (Phi) is 9.74. The quantitative estimate of drug-likeness (QED) is 0.411. The van der Waals surface area contributed by atoms with E-state index in [1.54, 1.807) is 43.0 Å². The molecule has 4 aliphatic rings. The number of carbonyl (C=O) groups excluding carboxylic acids is 1. The first kappa shape index (κ1) is 33.5. The van der Waals surface area contributed by atoms with Gasteiger partial charge in [-0.15, -0.1) is 11.6 Å². The van der Waals surface area contributed by atoms with Crippen LogP contribution >= 0.6 is 23.2 Å². The number of anilines is 1. The van der Waals surface area contributed by atoms with E-state index in [-0.39, 0.29) is 30.3 Å². The first-order valence-corrected chi connectivity index (χ1v) is 16.6. The number of hydrogen-bond donors (Lipinski definition) is 2. The van der Waals surface area contributed by atoms with Gasteiger partial charge in [0.1, 0.15) is 11.6 Å². The Morgan fingerprint density at radius 3 is 2.43 bits per heavy atom. The van der Waals surface area contributed by atoms with Crippen LogP contribution in [0.15, 0.2) is 53.2 Å². The number of piperazine rings is 1. The van der Waals surface area contributed by atoms with Crippen molar-refractivity contribution in [1.29, 1.82) is 0 Å². The van der Waals surface area contributed by atoms with Gasteiger partial charge in [0.05, 0.1) is 47.9 Å². The first-order valence-electron chi connectivity index (χ1n) is 15.8. The van der Waals surface area contributed by atoms with Crippen LogP contribution in [0.25, 0.3) is 11.1 Å². The minimum absolute atomic E-state index is 0.0853. The number of allylic oxidation sites excluding steroid dienone is 2. The lowest BCUT2D eigenvalue weighted by molar-refractivity contribution is -0.138. The molecule has 0 spiro atoms. The molecule has 2 unspecified atom stereocenters. The van der Waals surface area contributed by atoms with Gasteiger partial charge in [0.2, 0.25) is 5.91 Å². The summed E-state index contributed by atoms with van der Waals surface area (Å²) in [6.45, 7) is 9.25. The lowest BCUT2D eigenvalue weighted by Crippen LogP contribution is -2.50. The molecule has 2 saturated heterocycles. The van der Waals surface area contributed by atoms with Crippen LogP contribution in [0.3, 0.4) is 0 Å². The van der Waals surface area contributed by atoms with Crippen molar-refractivity contribution in [2.45, 2.75) is 31.4 Å². The summed E-state index contributed by atoms with van der Waals surface area (Å²) in [5.41, 5.74) is 1.77. The number of aliphatic hydroxyl groups is 1. The van der Waals surface area contributed by atoms with Gasteiger partial charge in [-0.3, -0.25) is 9.69 Å². The zero-order valence-corrected chi connectivity index (χ0v) is 27.9. The SMILES string of the molecule is CC(C)(O)CN1CCN(C2=CC(Cl)C(C(=O)N3COc4c(cccc4-c4cc(N5CCOCC5)c(C(=O)O)cc4F)C3)C(Cl)=C2)CC1. The zero-order chi connectivity index (χ0) is 33.5. The summed E-state index contributed by atoms with van der Waals surface area (Å²) >= 11 is 13.5. The Balaban J connectivity index is 1.18. The van der Waals surface area contributed by atoms with Crippen molar-refractivity contribution in [3.63, 3.8) is 0 Å². The number of morpholine rings is 1. The molecule has 47 heavy (non-hydrogen) atoms. The fraction of sp³-hybridized carbons (Fsp3) is 0.471. The maximum atomic E-state index is 15.5. The molecular weight excluding hydrogens is 650 g/mol. The third kappa shape index (κ3) is 7.24. The summed E-state index contributed by atoms with van der Waals surface area (Å²) in [4.78, 5) is 33.6. The highest BCUT2D eigenvalue weighted by Crippen LogP contribution is 2.41. The molecule has 2 aromatic carbocycles. The molecule has 2 fully saturated rings. The van der Waals surface area contributed by atoms with E-state index in [2.05, 4.69) is 9.80 Å². The van der Waals surface area contributed by atoms with E-state index in [9.17, 15) is 19.8 Å². The third-order valence-electron chi connectivity index (χ3n) is 8.94. The highest BCUT2D eigenvalue weighted by molar-refractivity contribution is 6.34. The smallest absolute Gasteiger partial charge is 0.337 e. The van der Waals surface area contributed by atoms with Gasteiger partial charge in [-0.05, 0) is 38.1 Å². The Labute approximate surface area is 283 Å². The largest absolute Gasteiger partial charge is 0.478 e. The Hall–Kier alpha value is -3.35. The summed E-state index contributed by atoms with van der Waals surface area (Å²) in [5.74, 6) is -2.52. The molecule has 1 amide bonds. The summed E-state index contributed by atoms with van der Waals surface area (Å²) in [5, 5.41) is 19.6. The van der Waals surface area contributed by atoms with Gasteiger partial charge in [-0.25, -0.2) is 9.18 Å². The number of carboxylic acid groups (broad SMARTS) is 1. The number of fused-ring (bicyclic) bond motifs is 1. The van der Waals surface area contributed by atoms with Crippen LogP contribution in [-0.2, 0) is 16.1 Å². The van der Waals surface area contributed by atoms with Crippen molar-refractivity contribution >= 4 is 40.8 Å². The number of nitrogens with zero attached hydrogens (tertiary/aromatic N) is 4. The number of carbonyl (C=O) groups is 2. The normalized spacial score (nSPS) is 22.3. The molecule has 3 aliphatic heterocycles. The molecule has 2 aromatic rings. The molecule has 13 heteroatoms. The fourth-order valence-electron chi connectivity index (χ4n) is 6.68. The van der Waals surface area contributed by atoms with Crippen LogP contribution in [0.5, 0.6) is 5.75 Å². The molecular formula is C34H39Cl2FN4O6. The standard InChI is InChI=1S/C34H39Cl2FN4O6/c1-34(2,45)19-38-6-8-39(9-7-38)22-14-26(35)30(27(36)15-22)32(42)41-18-21-4-3-5-23(31(21)47-20-41)24-17-29(40-10-12-46-13-11-40)25(33(43)44)16-28(24)37/h3-5,14-17,26,30,45H,6-13,18-20H2,1-2H3,(H,43,44). The minimum atomic E-state index is -1.21. The topological polar surface area (TPSA) is 106 Å². The van der Waals surface area contributed by atoms with Gasteiger partial charge < -0.3 is 34.4 Å². The lowest BCUT2D eigenvalue weighted by atomic mass is 9.94. The first-order chi connectivity index (χ1) is 22.4. The predicted molar refractivity (Wildman–Crippen MR) is 177 cm³/mol.